The third kappa shape index (κ3) is 186. The maximum atomic E-state index is 8.00. The second-order valence-corrected chi connectivity index (χ2v) is 0. The van der Waals surface area contributed by atoms with E-state index in [2.05, 4.69) is 0 Å². The van der Waals surface area contributed by atoms with Crippen molar-refractivity contribution in [1.29, 1.82) is 0 Å². The number of carbonyl (C=O) groups is 1. The monoisotopic (exact) mass is 105 g/mol. The van der Waals surface area contributed by atoms with Crippen molar-refractivity contribution in [3.05, 3.63) is 0 Å². The van der Waals surface area contributed by atoms with Gasteiger partial charge in [0.1, 0.15) is 6.79 Å². The van der Waals surface area contributed by atoms with E-state index in [4.69, 9.17) is 4.79 Å². The normalized spacial score (nSPS) is 1.00. The zero-order valence-corrected chi connectivity index (χ0v) is 2.95. The van der Waals surface area contributed by atoms with Crippen molar-refractivity contribution in [3.63, 3.8) is 0 Å². The van der Waals surface area contributed by atoms with Gasteiger partial charge in [-0.15, -0.1) is 0 Å². The molecular weight excluding hydrogens is 103 g/mol. The third-order valence-electron chi connectivity index (χ3n) is 0. The molecule has 0 aromatic carbocycles. The molecule has 0 aliphatic heterocycles. The average Bonchev–Trinajstić information content (AvgIpc) is 1.00. The van der Waals surface area contributed by atoms with Crippen molar-refractivity contribution >= 4 is 6.79 Å². The molecule has 0 heterocycles. The van der Waals surface area contributed by atoms with Crippen LogP contribution in [-0.4, -0.2) is 6.79 Å². The SMILES string of the molecule is C=O.[F].[Fe]. The Hall–Kier alpha value is 0.119. The predicted molar refractivity (Wildman–Crippen MR) is 8.23 cm³/mol. The van der Waals surface area contributed by atoms with Crippen molar-refractivity contribution in [2.45, 2.75) is 0 Å². The molecule has 0 fully saturated rings. The Morgan fingerprint density at radius 3 is 1.25 bits per heavy atom. The van der Waals surface area contributed by atoms with Gasteiger partial charge in [-0.25, -0.2) is 0 Å². The quantitative estimate of drug-likeness (QED) is 0.403. The Bertz CT molecular complexity index is 8.00. The van der Waals surface area contributed by atoms with E-state index in [1.165, 1.54) is 0 Å². The first-order valence-electron chi connectivity index (χ1n) is 0.289. The summed E-state index contributed by atoms with van der Waals surface area (Å²) in [5.74, 6) is 0. The van der Waals surface area contributed by atoms with E-state index in [9.17, 15) is 0 Å². The molecule has 0 aliphatic carbocycles. The molecule has 1 nitrogen and oxygen atoms in total. The van der Waals surface area contributed by atoms with E-state index in [1.54, 1.807) is 0 Å². The fraction of sp³-hybridized carbons (Fsp3) is 0. The average molecular weight is 105 g/mol. The minimum Gasteiger partial charge on any atom is -0.307 e. The summed E-state index contributed by atoms with van der Waals surface area (Å²) in [5, 5.41) is 0. The molecule has 0 aromatic rings. The second kappa shape index (κ2) is 982. The summed E-state index contributed by atoms with van der Waals surface area (Å²) < 4.78 is 0. The smallest absolute Gasteiger partial charge is 0.106 e. The summed E-state index contributed by atoms with van der Waals surface area (Å²) in [6.45, 7) is 2.00. The first-order chi connectivity index (χ1) is 1.00. The van der Waals surface area contributed by atoms with Gasteiger partial charge < -0.3 is 4.79 Å². The van der Waals surface area contributed by atoms with Crippen LogP contribution in [0.25, 0.3) is 0 Å². The van der Waals surface area contributed by atoms with E-state index in [0.717, 1.165) is 0 Å². The molecule has 0 amide bonds. The van der Waals surface area contributed by atoms with Gasteiger partial charge in [-0.2, -0.15) is 0 Å². The van der Waals surface area contributed by atoms with E-state index >= 15 is 0 Å². The van der Waals surface area contributed by atoms with E-state index in [1.807, 2.05) is 6.79 Å². The number of carbonyl (C=O) groups excluding carboxylic acids is 1. The first-order valence-corrected chi connectivity index (χ1v) is 0.289. The molecule has 0 saturated carbocycles. The van der Waals surface area contributed by atoms with Gasteiger partial charge >= 0.3 is 0 Å². The Morgan fingerprint density at radius 2 is 1.25 bits per heavy atom. The molecule has 3 heteroatoms. The molecule has 0 rings (SSSR count). The maximum Gasteiger partial charge on any atom is 0.106 e. The minimum absolute atomic E-state index is 0. The van der Waals surface area contributed by atoms with Crippen molar-refractivity contribution in [2.75, 3.05) is 0 Å². The molecule has 0 spiro atoms. The zero-order valence-electron chi connectivity index (χ0n) is 1.85. The zero-order chi connectivity index (χ0) is 2.00. The van der Waals surface area contributed by atoms with Gasteiger partial charge in [0.05, 0.1) is 0 Å². The third-order valence-corrected chi connectivity index (χ3v) is 0. The molecule has 27 valence electrons. The molecule has 1 radical (unpaired) electrons. The van der Waals surface area contributed by atoms with Gasteiger partial charge in [-0.1, -0.05) is 0 Å². The van der Waals surface area contributed by atoms with Crippen LogP contribution in [0, 0.1) is 0 Å². The number of hydrogen-bond donors (Lipinski definition) is 0. The van der Waals surface area contributed by atoms with E-state index < -0.39 is 0 Å². The van der Waals surface area contributed by atoms with Crippen LogP contribution < -0.4 is 0 Å². The first kappa shape index (κ1) is 32.0. The molecular formula is CH2FFeO. The standard InChI is InChI=1S/CH2O.F.Fe/c1-2;;/h1H2;;. The molecule has 0 saturated heterocycles. The van der Waals surface area contributed by atoms with Crippen LogP contribution in [0.4, 0.5) is 4.70 Å². The van der Waals surface area contributed by atoms with E-state index in [0.29, 0.717) is 0 Å². The maximum absolute atomic E-state index is 8.00. The number of hydrogen-bond acceptors (Lipinski definition) is 1. The van der Waals surface area contributed by atoms with Crippen molar-refractivity contribution in [2.24, 2.45) is 0 Å². The summed E-state index contributed by atoms with van der Waals surface area (Å²) in [6.07, 6.45) is 0. The van der Waals surface area contributed by atoms with Gasteiger partial charge in [0.15, 0.2) is 0 Å². The Morgan fingerprint density at radius 1 is 1.25 bits per heavy atom. The molecule has 0 aromatic heterocycles. The second-order valence-electron chi connectivity index (χ2n) is 0. The summed E-state index contributed by atoms with van der Waals surface area (Å²) in [4.78, 5) is 8.00. The van der Waals surface area contributed by atoms with Crippen molar-refractivity contribution in [3.8, 4) is 0 Å². The topological polar surface area (TPSA) is 17.1 Å². The Balaban J connectivity index is -0.00000000500. The fourth-order valence-electron chi connectivity index (χ4n) is 0. The molecule has 0 N–H and O–H groups in total. The van der Waals surface area contributed by atoms with Crippen LogP contribution in [-0.2, 0) is 21.9 Å². The van der Waals surface area contributed by atoms with Crippen LogP contribution >= 0.6 is 0 Å². The fourth-order valence-corrected chi connectivity index (χ4v) is 0. The van der Waals surface area contributed by atoms with Gasteiger partial charge in [-0.3, -0.25) is 0 Å². The molecule has 0 bridgehead atoms. The molecule has 4 heavy (non-hydrogen) atoms. The van der Waals surface area contributed by atoms with Gasteiger partial charge in [0.25, 0.3) is 0 Å². The summed E-state index contributed by atoms with van der Waals surface area (Å²) >= 11 is 0. The molecule has 0 atom stereocenters. The van der Waals surface area contributed by atoms with Gasteiger partial charge in [0.2, 0.25) is 0 Å². The Labute approximate surface area is 34.2 Å². The van der Waals surface area contributed by atoms with Crippen molar-refractivity contribution < 1.29 is 26.6 Å². The Kier molecular flexibility index (Phi) is 7850. The van der Waals surface area contributed by atoms with Crippen LogP contribution in [0.5, 0.6) is 0 Å². The van der Waals surface area contributed by atoms with Crippen molar-refractivity contribution in [1.82, 2.24) is 0 Å². The summed E-state index contributed by atoms with van der Waals surface area (Å²) in [5.41, 5.74) is 0. The van der Waals surface area contributed by atoms with E-state index in [-0.39, 0.29) is 21.8 Å². The summed E-state index contributed by atoms with van der Waals surface area (Å²) in [7, 11) is 0. The molecule has 0 unspecified atom stereocenters. The van der Waals surface area contributed by atoms with Crippen LogP contribution in [0.3, 0.4) is 0 Å². The van der Waals surface area contributed by atoms with Gasteiger partial charge in [0, 0.05) is 21.8 Å². The largest absolute Gasteiger partial charge is 0.307 e. The molecule has 0 aliphatic rings. The van der Waals surface area contributed by atoms with Crippen LogP contribution in [0.1, 0.15) is 0 Å². The summed E-state index contributed by atoms with van der Waals surface area (Å²) in [6, 6.07) is 0. The van der Waals surface area contributed by atoms with Gasteiger partial charge in [-0.05, 0) is 0 Å². The van der Waals surface area contributed by atoms with Crippen LogP contribution in [0.15, 0.2) is 0 Å². The number of rotatable bonds is 0. The predicted octanol–water partition coefficient (Wildman–Crippen LogP) is 0.233. The minimum atomic E-state index is 0. The number of halogens is 1. The van der Waals surface area contributed by atoms with Crippen LogP contribution in [0.2, 0.25) is 0 Å².